The average Bonchev–Trinajstić information content (AvgIpc) is 2.71. The molecule has 1 heterocycles. The number of quaternary nitrogens is 2. The largest absolute Gasteiger partial charge is 0.496 e. The maximum absolute atomic E-state index is 12.7. The van der Waals surface area contributed by atoms with Gasteiger partial charge in [-0.2, -0.15) is 0 Å². The number of nitrogens with one attached hydrogen (secondary N) is 2. The third-order valence-corrected chi connectivity index (χ3v) is 5.71. The SMILES string of the molecule is COc1ccccc1CN(C)C(=O)C[NH+]1CC[NH+](Cc2ccc(Cl)cc2)CC1. The molecule has 2 N–H and O–H groups in total. The second kappa shape index (κ2) is 9.92. The van der Waals surface area contributed by atoms with Crippen molar-refractivity contribution in [2.45, 2.75) is 13.1 Å². The number of halogens is 1. The van der Waals surface area contributed by atoms with E-state index in [1.54, 1.807) is 16.9 Å². The number of hydrogen-bond donors (Lipinski definition) is 2. The molecular formula is C22H30ClN3O2+2. The van der Waals surface area contributed by atoms with Crippen molar-refractivity contribution in [2.24, 2.45) is 0 Å². The Hall–Kier alpha value is -2.08. The van der Waals surface area contributed by atoms with Gasteiger partial charge in [0.25, 0.3) is 5.91 Å². The van der Waals surface area contributed by atoms with E-state index in [9.17, 15) is 4.79 Å². The molecule has 1 fully saturated rings. The highest BCUT2D eigenvalue weighted by atomic mass is 35.5. The Balaban J connectivity index is 1.44. The van der Waals surface area contributed by atoms with Crippen molar-refractivity contribution in [3.63, 3.8) is 0 Å². The van der Waals surface area contributed by atoms with Crippen LogP contribution >= 0.6 is 11.6 Å². The van der Waals surface area contributed by atoms with Gasteiger partial charge in [-0.1, -0.05) is 41.9 Å². The first-order valence-electron chi connectivity index (χ1n) is 9.82. The normalized spacial score (nSPS) is 19.2. The van der Waals surface area contributed by atoms with Gasteiger partial charge in [0.1, 0.15) is 38.5 Å². The number of carbonyl (C=O) groups excluding carboxylic acids is 1. The van der Waals surface area contributed by atoms with Crippen LogP contribution < -0.4 is 14.5 Å². The van der Waals surface area contributed by atoms with E-state index < -0.39 is 0 Å². The van der Waals surface area contributed by atoms with Gasteiger partial charge in [-0.25, -0.2) is 0 Å². The van der Waals surface area contributed by atoms with Crippen LogP contribution in [0.4, 0.5) is 0 Å². The van der Waals surface area contributed by atoms with Gasteiger partial charge in [0.2, 0.25) is 0 Å². The summed E-state index contributed by atoms with van der Waals surface area (Å²) < 4.78 is 5.39. The van der Waals surface area contributed by atoms with E-state index in [1.807, 2.05) is 43.4 Å². The summed E-state index contributed by atoms with van der Waals surface area (Å²) in [6.45, 7) is 6.37. The molecule has 0 unspecified atom stereocenters. The molecule has 0 atom stereocenters. The second-order valence-corrected chi connectivity index (χ2v) is 7.98. The molecule has 1 aliphatic rings. The molecule has 1 saturated heterocycles. The van der Waals surface area contributed by atoms with Crippen molar-refractivity contribution in [3.8, 4) is 5.75 Å². The van der Waals surface area contributed by atoms with Crippen molar-refractivity contribution >= 4 is 17.5 Å². The van der Waals surface area contributed by atoms with E-state index >= 15 is 0 Å². The zero-order valence-electron chi connectivity index (χ0n) is 16.7. The van der Waals surface area contributed by atoms with Crippen LogP contribution in [0.3, 0.4) is 0 Å². The Labute approximate surface area is 172 Å². The molecule has 1 aliphatic heterocycles. The Morgan fingerprint density at radius 2 is 1.68 bits per heavy atom. The molecule has 1 amide bonds. The van der Waals surface area contributed by atoms with Gasteiger partial charge in [0.15, 0.2) is 6.54 Å². The standard InChI is InChI=1S/C22H28ClN3O2/c1-24(16-19-5-3-4-6-21(19)28-2)22(27)17-26-13-11-25(12-14-26)15-18-7-9-20(23)10-8-18/h3-10H,11-17H2,1-2H3/p+2. The maximum Gasteiger partial charge on any atom is 0.277 e. The number of nitrogens with zero attached hydrogens (tertiary/aromatic N) is 1. The smallest absolute Gasteiger partial charge is 0.277 e. The van der Waals surface area contributed by atoms with E-state index in [2.05, 4.69) is 12.1 Å². The summed E-state index contributed by atoms with van der Waals surface area (Å²) in [4.78, 5) is 17.4. The van der Waals surface area contributed by atoms with Crippen molar-refractivity contribution in [3.05, 3.63) is 64.7 Å². The third kappa shape index (κ3) is 5.71. The minimum absolute atomic E-state index is 0.182. The van der Waals surface area contributed by atoms with E-state index in [1.165, 1.54) is 10.5 Å². The predicted molar refractivity (Wildman–Crippen MR) is 111 cm³/mol. The molecule has 6 heteroatoms. The van der Waals surface area contributed by atoms with Crippen molar-refractivity contribution < 1.29 is 19.3 Å². The van der Waals surface area contributed by atoms with Crippen molar-refractivity contribution in [1.82, 2.24) is 4.90 Å². The van der Waals surface area contributed by atoms with Crippen LogP contribution in [-0.4, -0.2) is 57.7 Å². The van der Waals surface area contributed by atoms with E-state index in [0.717, 1.165) is 49.1 Å². The number of amides is 1. The number of piperazine rings is 1. The minimum Gasteiger partial charge on any atom is -0.496 e. The minimum atomic E-state index is 0.182. The van der Waals surface area contributed by atoms with E-state index in [-0.39, 0.29) is 5.91 Å². The van der Waals surface area contributed by atoms with Crippen LogP contribution in [0.1, 0.15) is 11.1 Å². The summed E-state index contributed by atoms with van der Waals surface area (Å²) in [6, 6.07) is 16.0. The highest BCUT2D eigenvalue weighted by Gasteiger charge is 2.26. The Kier molecular flexibility index (Phi) is 7.31. The molecule has 0 aromatic heterocycles. The molecule has 0 aliphatic carbocycles. The van der Waals surface area contributed by atoms with Gasteiger partial charge in [0.05, 0.1) is 7.11 Å². The van der Waals surface area contributed by atoms with Gasteiger partial charge in [0, 0.05) is 29.7 Å². The van der Waals surface area contributed by atoms with Crippen molar-refractivity contribution in [1.29, 1.82) is 0 Å². The van der Waals surface area contributed by atoms with Crippen LogP contribution in [-0.2, 0) is 17.9 Å². The lowest BCUT2D eigenvalue weighted by Gasteiger charge is -2.30. The van der Waals surface area contributed by atoms with Gasteiger partial charge >= 0.3 is 0 Å². The predicted octanol–water partition coefficient (Wildman–Crippen LogP) is 0.291. The first kappa shape index (κ1) is 20.6. The Bertz CT molecular complexity index is 774. The monoisotopic (exact) mass is 403 g/mol. The summed E-state index contributed by atoms with van der Waals surface area (Å²) in [5.41, 5.74) is 2.35. The molecule has 5 nitrogen and oxygen atoms in total. The topological polar surface area (TPSA) is 38.4 Å². The summed E-state index contributed by atoms with van der Waals surface area (Å²) in [5.74, 6) is 1.01. The summed E-state index contributed by atoms with van der Waals surface area (Å²) in [6.07, 6.45) is 0. The number of likely N-dealkylation sites (N-methyl/N-ethyl adjacent to an activating group) is 1. The van der Waals surface area contributed by atoms with Gasteiger partial charge in [-0.3, -0.25) is 4.79 Å². The number of methoxy groups -OCH3 is 1. The summed E-state index contributed by atoms with van der Waals surface area (Å²) >= 11 is 5.96. The number of para-hydroxylation sites is 1. The molecule has 3 rings (SSSR count). The van der Waals surface area contributed by atoms with E-state index in [4.69, 9.17) is 16.3 Å². The average molecular weight is 404 g/mol. The van der Waals surface area contributed by atoms with Gasteiger partial charge < -0.3 is 19.4 Å². The highest BCUT2D eigenvalue weighted by molar-refractivity contribution is 6.30. The quantitative estimate of drug-likeness (QED) is 0.697. The van der Waals surface area contributed by atoms with Crippen molar-refractivity contribution in [2.75, 3.05) is 46.9 Å². The van der Waals surface area contributed by atoms with E-state index in [0.29, 0.717) is 13.1 Å². The lowest BCUT2D eigenvalue weighted by Crippen LogP contribution is -3.28. The summed E-state index contributed by atoms with van der Waals surface area (Å²) in [5, 5.41) is 0.781. The van der Waals surface area contributed by atoms with Gasteiger partial charge in [-0.15, -0.1) is 0 Å². The van der Waals surface area contributed by atoms with Crippen LogP contribution in [0, 0.1) is 0 Å². The Morgan fingerprint density at radius 3 is 2.36 bits per heavy atom. The maximum atomic E-state index is 12.7. The molecule has 28 heavy (non-hydrogen) atoms. The number of ether oxygens (including phenoxy) is 1. The molecule has 2 aromatic carbocycles. The fourth-order valence-corrected chi connectivity index (χ4v) is 3.85. The van der Waals surface area contributed by atoms with Crippen LogP contribution in [0.5, 0.6) is 5.75 Å². The molecule has 0 saturated carbocycles. The molecule has 0 radical (unpaired) electrons. The number of benzene rings is 2. The zero-order valence-corrected chi connectivity index (χ0v) is 17.5. The second-order valence-electron chi connectivity index (χ2n) is 7.54. The molecular weight excluding hydrogens is 374 g/mol. The fraction of sp³-hybridized carbons (Fsp3) is 0.409. The first-order valence-corrected chi connectivity index (χ1v) is 10.2. The molecule has 150 valence electrons. The van der Waals surface area contributed by atoms with Crippen LogP contribution in [0.25, 0.3) is 0 Å². The lowest BCUT2D eigenvalue weighted by atomic mass is 10.2. The van der Waals surface area contributed by atoms with Crippen LogP contribution in [0.2, 0.25) is 5.02 Å². The summed E-state index contributed by atoms with van der Waals surface area (Å²) in [7, 11) is 3.53. The fourth-order valence-electron chi connectivity index (χ4n) is 3.73. The number of carbonyl (C=O) groups is 1. The number of hydrogen-bond acceptors (Lipinski definition) is 2. The molecule has 0 bridgehead atoms. The highest BCUT2D eigenvalue weighted by Crippen LogP contribution is 2.18. The van der Waals surface area contributed by atoms with Gasteiger partial charge in [-0.05, 0) is 18.2 Å². The molecule has 0 spiro atoms. The molecule has 2 aromatic rings. The lowest BCUT2D eigenvalue weighted by molar-refractivity contribution is -1.02. The first-order chi connectivity index (χ1) is 13.5. The zero-order chi connectivity index (χ0) is 19.9. The third-order valence-electron chi connectivity index (χ3n) is 5.46. The van der Waals surface area contributed by atoms with Crippen LogP contribution in [0.15, 0.2) is 48.5 Å². The Morgan fingerprint density at radius 1 is 1.04 bits per heavy atom. The number of rotatable bonds is 7.